The number of benzene rings is 1. The summed E-state index contributed by atoms with van der Waals surface area (Å²) in [6.07, 6.45) is 1.24. The SMILES string of the molecule is CC1CCN(CCOc2ccc(Cl)cc2)CC1CN. The molecule has 1 fully saturated rings. The van der Waals surface area contributed by atoms with Gasteiger partial charge < -0.3 is 10.5 Å². The summed E-state index contributed by atoms with van der Waals surface area (Å²) in [6, 6.07) is 7.51. The average molecular weight is 283 g/mol. The Labute approximate surface area is 120 Å². The fraction of sp³-hybridized carbons (Fsp3) is 0.600. The van der Waals surface area contributed by atoms with Crippen molar-refractivity contribution in [3.8, 4) is 5.75 Å². The van der Waals surface area contributed by atoms with Gasteiger partial charge in [-0.05, 0) is 55.6 Å². The zero-order chi connectivity index (χ0) is 13.7. The zero-order valence-electron chi connectivity index (χ0n) is 11.5. The van der Waals surface area contributed by atoms with Gasteiger partial charge in [-0.2, -0.15) is 0 Å². The van der Waals surface area contributed by atoms with Gasteiger partial charge in [0.15, 0.2) is 0 Å². The minimum atomic E-state index is 0.629. The van der Waals surface area contributed by atoms with Gasteiger partial charge in [0.2, 0.25) is 0 Å². The highest BCUT2D eigenvalue weighted by atomic mass is 35.5. The molecule has 2 atom stereocenters. The monoisotopic (exact) mass is 282 g/mol. The molecule has 1 aromatic rings. The molecule has 0 aromatic heterocycles. The largest absolute Gasteiger partial charge is 0.492 e. The number of nitrogens with zero attached hydrogens (tertiary/aromatic N) is 1. The fourth-order valence-electron chi connectivity index (χ4n) is 2.56. The van der Waals surface area contributed by atoms with Gasteiger partial charge in [0, 0.05) is 18.1 Å². The second kappa shape index (κ2) is 7.13. The first-order valence-electron chi connectivity index (χ1n) is 7.00. The van der Waals surface area contributed by atoms with Gasteiger partial charge in [-0.3, -0.25) is 4.90 Å². The molecule has 0 radical (unpaired) electrons. The zero-order valence-corrected chi connectivity index (χ0v) is 12.3. The van der Waals surface area contributed by atoms with E-state index in [4.69, 9.17) is 22.1 Å². The van der Waals surface area contributed by atoms with Gasteiger partial charge in [0.05, 0.1) is 0 Å². The van der Waals surface area contributed by atoms with Crippen LogP contribution in [0.25, 0.3) is 0 Å². The highest BCUT2D eigenvalue weighted by Gasteiger charge is 2.24. The molecule has 2 unspecified atom stereocenters. The van der Waals surface area contributed by atoms with Gasteiger partial charge in [-0.25, -0.2) is 0 Å². The average Bonchev–Trinajstić information content (AvgIpc) is 2.43. The summed E-state index contributed by atoms with van der Waals surface area (Å²) < 4.78 is 5.73. The van der Waals surface area contributed by atoms with E-state index in [1.54, 1.807) is 0 Å². The van der Waals surface area contributed by atoms with Gasteiger partial charge in [0.1, 0.15) is 12.4 Å². The first kappa shape index (κ1) is 14.6. The van der Waals surface area contributed by atoms with Gasteiger partial charge >= 0.3 is 0 Å². The van der Waals surface area contributed by atoms with E-state index in [9.17, 15) is 0 Å². The van der Waals surface area contributed by atoms with Gasteiger partial charge in [-0.15, -0.1) is 0 Å². The van der Waals surface area contributed by atoms with E-state index < -0.39 is 0 Å². The number of nitrogens with two attached hydrogens (primary N) is 1. The Balaban J connectivity index is 1.72. The lowest BCUT2D eigenvalue weighted by atomic mass is 9.87. The van der Waals surface area contributed by atoms with Crippen LogP contribution in [0.2, 0.25) is 5.02 Å². The van der Waals surface area contributed by atoms with E-state index in [2.05, 4.69) is 11.8 Å². The summed E-state index contributed by atoms with van der Waals surface area (Å²) >= 11 is 5.84. The third-order valence-electron chi connectivity index (χ3n) is 3.99. The standard InChI is InChI=1S/C15H23ClN2O/c1-12-6-7-18(11-13(12)10-17)8-9-19-15-4-2-14(16)3-5-15/h2-5,12-13H,6-11,17H2,1H3. The van der Waals surface area contributed by atoms with Crippen molar-refractivity contribution in [2.24, 2.45) is 17.6 Å². The second-order valence-corrected chi connectivity index (χ2v) is 5.80. The Morgan fingerprint density at radius 3 is 2.79 bits per heavy atom. The van der Waals surface area contributed by atoms with E-state index >= 15 is 0 Å². The Kier molecular flexibility index (Phi) is 5.49. The normalized spacial score (nSPS) is 24.4. The predicted octanol–water partition coefficient (Wildman–Crippen LogP) is 2.64. The molecule has 1 aromatic carbocycles. The Hall–Kier alpha value is -0.770. The lowest BCUT2D eigenvalue weighted by Gasteiger charge is -2.36. The maximum absolute atomic E-state index is 5.84. The first-order valence-corrected chi connectivity index (χ1v) is 7.37. The van der Waals surface area contributed by atoms with Gasteiger partial charge in [-0.1, -0.05) is 18.5 Å². The summed E-state index contributed by atoms with van der Waals surface area (Å²) in [4.78, 5) is 2.45. The maximum atomic E-state index is 5.84. The van der Waals surface area contributed by atoms with Gasteiger partial charge in [0.25, 0.3) is 0 Å². The molecule has 0 aliphatic carbocycles. The van der Waals surface area contributed by atoms with Crippen LogP contribution in [0.1, 0.15) is 13.3 Å². The van der Waals surface area contributed by atoms with Crippen LogP contribution in [0, 0.1) is 11.8 Å². The van der Waals surface area contributed by atoms with Crippen LogP contribution in [-0.2, 0) is 0 Å². The fourth-order valence-corrected chi connectivity index (χ4v) is 2.68. The Bertz CT molecular complexity index is 382. The highest BCUT2D eigenvalue weighted by Crippen LogP contribution is 2.22. The van der Waals surface area contributed by atoms with Crippen LogP contribution in [0.5, 0.6) is 5.75 Å². The molecule has 2 N–H and O–H groups in total. The third kappa shape index (κ3) is 4.37. The summed E-state index contributed by atoms with van der Waals surface area (Å²) in [5, 5.41) is 0.739. The first-order chi connectivity index (χ1) is 9.19. The third-order valence-corrected chi connectivity index (χ3v) is 4.24. The topological polar surface area (TPSA) is 38.5 Å². The lowest BCUT2D eigenvalue weighted by molar-refractivity contribution is 0.114. The molecular weight excluding hydrogens is 260 g/mol. The quantitative estimate of drug-likeness (QED) is 0.902. The smallest absolute Gasteiger partial charge is 0.119 e. The molecule has 2 rings (SSSR count). The summed E-state index contributed by atoms with van der Waals surface area (Å²) in [5.41, 5.74) is 5.82. The van der Waals surface area contributed by atoms with E-state index in [0.717, 1.165) is 42.9 Å². The van der Waals surface area contributed by atoms with Crippen molar-refractivity contribution >= 4 is 11.6 Å². The van der Waals surface area contributed by atoms with Crippen molar-refractivity contribution in [2.45, 2.75) is 13.3 Å². The van der Waals surface area contributed by atoms with Crippen molar-refractivity contribution in [2.75, 3.05) is 32.8 Å². The van der Waals surface area contributed by atoms with Crippen LogP contribution in [0.3, 0.4) is 0 Å². The molecule has 3 nitrogen and oxygen atoms in total. The van der Waals surface area contributed by atoms with Crippen molar-refractivity contribution in [3.63, 3.8) is 0 Å². The maximum Gasteiger partial charge on any atom is 0.119 e. The summed E-state index contributed by atoms with van der Waals surface area (Å²) in [5.74, 6) is 2.26. The number of ether oxygens (including phenoxy) is 1. The number of rotatable bonds is 5. The van der Waals surface area contributed by atoms with Crippen molar-refractivity contribution < 1.29 is 4.74 Å². The molecule has 0 bridgehead atoms. The number of hydrogen-bond donors (Lipinski definition) is 1. The van der Waals surface area contributed by atoms with Crippen molar-refractivity contribution in [3.05, 3.63) is 29.3 Å². The Morgan fingerprint density at radius 1 is 1.37 bits per heavy atom. The molecular formula is C15H23ClN2O. The lowest BCUT2D eigenvalue weighted by Crippen LogP contribution is -2.44. The minimum absolute atomic E-state index is 0.629. The second-order valence-electron chi connectivity index (χ2n) is 5.36. The highest BCUT2D eigenvalue weighted by molar-refractivity contribution is 6.30. The molecule has 19 heavy (non-hydrogen) atoms. The molecule has 1 aliphatic rings. The van der Waals surface area contributed by atoms with Crippen molar-refractivity contribution in [1.29, 1.82) is 0 Å². The predicted molar refractivity (Wildman–Crippen MR) is 79.7 cm³/mol. The molecule has 0 spiro atoms. The molecule has 0 saturated carbocycles. The van der Waals surface area contributed by atoms with E-state index in [1.807, 2.05) is 24.3 Å². The summed E-state index contributed by atoms with van der Waals surface area (Å²) in [7, 11) is 0. The van der Waals surface area contributed by atoms with Crippen LogP contribution in [0.4, 0.5) is 0 Å². The number of halogens is 1. The van der Waals surface area contributed by atoms with Crippen LogP contribution in [-0.4, -0.2) is 37.7 Å². The number of piperidine rings is 1. The van der Waals surface area contributed by atoms with Crippen LogP contribution >= 0.6 is 11.6 Å². The van der Waals surface area contributed by atoms with Crippen molar-refractivity contribution in [1.82, 2.24) is 4.90 Å². The van der Waals surface area contributed by atoms with Crippen LogP contribution in [0.15, 0.2) is 24.3 Å². The van der Waals surface area contributed by atoms with E-state index in [1.165, 1.54) is 6.42 Å². The van der Waals surface area contributed by atoms with E-state index in [-0.39, 0.29) is 0 Å². The number of likely N-dealkylation sites (tertiary alicyclic amines) is 1. The molecule has 0 amide bonds. The minimum Gasteiger partial charge on any atom is -0.492 e. The molecule has 1 saturated heterocycles. The molecule has 1 aliphatic heterocycles. The summed E-state index contributed by atoms with van der Waals surface area (Å²) in [6.45, 7) is 7.03. The Morgan fingerprint density at radius 2 is 2.11 bits per heavy atom. The molecule has 1 heterocycles. The van der Waals surface area contributed by atoms with E-state index in [0.29, 0.717) is 12.5 Å². The molecule has 106 valence electrons. The number of hydrogen-bond acceptors (Lipinski definition) is 3. The van der Waals surface area contributed by atoms with Crippen LogP contribution < -0.4 is 10.5 Å². The molecule has 4 heteroatoms.